The summed E-state index contributed by atoms with van der Waals surface area (Å²) < 4.78 is 0. The van der Waals surface area contributed by atoms with Crippen molar-refractivity contribution in [3.05, 3.63) is 35.9 Å². The maximum absolute atomic E-state index is 9.45. The van der Waals surface area contributed by atoms with E-state index in [-0.39, 0.29) is 6.10 Å². The van der Waals surface area contributed by atoms with E-state index in [1.54, 1.807) is 0 Å². The lowest BCUT2D eigenvalue weighted by Crippen LogP contribution is -2.49. The Balaban J connectivity index is 1.92. The van der Waals surface area contributed by atoms with Gasteiger partial charge >= 0.3 is 0 Å². The highest BCUT2D eigenvalue weighted by molar-refractivity contribution is 5.19. The van der Waals surface area contributed by atoms with E-state index in [4.69, 9.17) is 0 Å². The van der Waals surface area contributed by atoms with Gasteiger partial charge in [0, 0.05) is 38.8 Å². The maximum Gasteiger partial charge on any atom is 0.0639 e. The zero-order valence-corrected chi connectivity index (χ0v) is 12.1. The fourth-order valence-corrected chi connectivity index (χ4v) is 3.01. The molecule has 1 aromatic rings. The number of hydrogen-bond donors (Lipinski definition) is 1. The molecule has 0 aliphatic carbocycles. The van der Waals surface area contributed by atoms with Crippen LogP contribution in [0.2, 0.25) is 0 Å². The third-order valence-electron chi connectivity index (χ3n) is 3.94. The third kappa shape index (κ3) is 4.03. The van der Waals surface area contributed by atoms with Crippen molar-refractivity contribution in [2.75, 3.05) is 32.7 Å². The summed E-state index contributed by atoms with van der Waals surface area (Å²) >= 11 is 0. The lowest BCUT2D eigenvalue weighted by atomic mass is 10.0. The molecular formula is C16H26N2O. The molecule has 1 aromatic carbocycles. The Kier molecular flexibility index (Phi) is 5.37. The van der Waals surface area contributed by atoms with E-state index in [1.807, 2.05) is 6.92 Å². The van der Waals surface area contributed by atoms with E-state index in [2.05, 4.69) is 47.1 Å². The lowest BCUT2D eigenvalue weighted by Gasteiger charge is -2.39. The van der Waals surface area contributed by atoms with Gasteiger partial charge in [-0.1, -0.05) is 37.3 Å². The van der Waals surface area contributed by atoms with E-state index in [9.17, 15) is 5.11 Å². The first-order chi connectivity index (χ1) is 9.20. The van der Waals surface area contributed by atoms with Crippen molar-refractivity contribution in [1.29, 1.82) is 0 Å². The highest BCUT2D eigenvalue weighted by Crippen LogP contribution is 2.25. The van der Waals surface area contributed by atoms with Crippen LogP contribution < -0.4 is 0 Å². The lowest BCUT2D eigenvalue weighted by molar-refractivity contribution is 0.0608. The Hall–Kier alpha value is -0.900. The van der Waals surface area contributed by atoms with Crippen LogP contribution in [0.15, 0.2) is 30.3 Å². The number of β-amino-alcohol motifs (C(OH)–C–C–N with tert-alkyl or cyclic N) is 1. The van der Waals surface area contributed by atoms with Gasteiger partial charge in [-0.25, -0.2) is 0 Å². The van der Waals surface area contributed by atoms with Crippen molar-refractivity contribution >= 4 is 0 Å². The predicted octanol–water partition coefficient (Wildman–Crippen LogP) is 2.14. The number of rotatable bonds is 5. The van der Waals surface area contributed by atoms with Crippen LogP contribution in [-0.4, -0.2) is 53.7 Å². The van der Waals surface area contributed by atoms with Gasteiger partial charge in [0.15, 0.2) is 0 Å². The topological polar surface area (TPSA) is 26.7 Å². The summed E-state index contributed by atoms with van der Waals surface area (Å²) in [4.78, 5) is 4.94. The van der Waals surface area contributed by atoms with E-state index in [0.29, 0.717) is 6.04 Å². The van der Waals surface area contributed by atoms with Gasteiger partial charge in [-0.3, -0.25) is 9.80 Å². The first-order valence-electron chi connectivity index (χ1n) is 7.40. The number of benzene rings is 1. The Morgan fingerprint density at radius 2 is 1.74 bits per heavy atom. The minimum atomic E-state index is -0.220. The van der Waals surface area contributed by atoms with Crippen LogP contribution in [0.25, 0.3) is 0 Å². The minimum absolute atomic E-state index is 0.220. The Labute approximate surface area is 116 Å². The van der Waals surface area contributed by atoms with E-state index < -0.39 is 0 Å². The molecule has 0 radical (unpaired) electrons. The van der Waals surface area contributed by atoms with Crippen LogP contribution in [0, 0.1) is 0 Å². The highest BCUT2D eigenvalue weighted by atomic mass is 16.3. The minimum Gasteiger partial charge on any atom is -0.392 e. The first-order valence-corrected chi connectivity index (χ1v) is 7.40. The quantitative estimate of drug-likeness (QED) is 0.880. The average molecular weight is 262 g/mol. The van der Waals surface area contributed by atoms with Crippen molar-refractivity contribution in [2.24, 2.45) is 0 Å². The van der Waals surface area contributed by atoms with Crippen molar-refractivity contribution in [3.8, 4) is 0 Å². The van der Waals surface area contributed by atoms with Crippen molar-refractivity contribution in [3.63, 3.8) is 0 Å². The van der Waals surface area contributed by atoms with Crippen LogP contribution in [0.4, 0.5) is 0 Å². The molecule has 0 bridgehead atoms. The summed E-state index contributed by atoms with van der Waals surface area (Å²) in [5.74, 6) is 0. The Morgan fingerprint density at radius 3 is 2.26 bits per heavy atom. The molecule has 1 aliphatic rings. The summed E-state index contributed by atoms with van der Waals surface area (Å²) in [6.45, 7) is 9.25. The normalized spacial score (nSPS) is 21.2. The van der Waals surface area contributed by atoms with E-state index in [0.717, 1.165) is 39.1 Å². The first kappa shape index (κ1) is 14.5. The van der Waals surface area contributed by atoms with Crippen molar-refractivity contribution < 1.29 is 5.11 Å². The van der Waals surface area contributed by atoms with E-state index in [1.165, 1.54) is 5.56 Å². The molecule has 1 heterocycles. The Morgan fingerprint density at radius 1 is 1.11 bits per heavy atom. The van der Waals surface area contributed by atoms with Gasteiger partial charge in [0.2, 0.25) is 0 Å². The van der Waals surface area contributed by atoms with Crippen LogP contribution in [0.3, 0.4) is 0 Å². The predicted molar refractivity (Wildman–Crippen MR) is 79.2 cm³/mol. The molecule has 0 saturated carbocycles. The standard InChI is InChI=1S/C16H26N2O/c1-3-16(15-7-5-4-6-8-15)18-11-9-17(10-12-18)13-14(2)19/h4-8,14,16,19H,3,9-13H2,1-2H3/t14-,16+/m1/s1. The molecule has 3 heteroatoms. The molecule has 0 amide bonds. The van der Waals surface area contributed by atoms with Crippen LogP contribution in [0.1, 0.15) is 31.9 Å². The number of piperazine rings is 1. The van der Waals surface area contributed by atoms with Gasteiger partial charge < -0.3 is 5.11 Å². The molecule has 0 unspecified atom stereocenters. The summed E-state index contributed by atoms with van der Waals surface area (Å²) in [5.41, 5.74) is 1.42. The second-order valence-corrected chi connectivity index (χ2v) is 5.52. The second kappa shape index (κ2) is 7.04. The molecule has 1 N–H and O–H groups in total. The zero-order valence-electron chi connectivity index (χ0n) is 12.1. The molecule has 0 spiro atoms. The van der Waals surface area contributed by atoms with Gasteiger partial charge in [-0.05, 0) is 18.9 Å². The molecule has 0 aromatic heterocycles. The monoisotopic (exact) mass is 262 g/mol. The number of hydrogen-bond acceptors (Lipinski definition) is 3. The van der Waals surface area contributed by atoms with Crippen molar-refractivity contribution in [1.82, 2.24) is 9.80 Å². The molecule has 19 heavy (non-hydrogen) atoms. The van der Waals surface area contributed by atoms with Crippen LogP contribution in [-0.2, 0) is 0 Å². The van der Waals surface area contributed by atoms with Crippen LogP contribution >= 0.6 is 0 Å². The zero-order chi connectivity index (χ0) is 13.7. The molecule has 1 aliphatic heterocycles. The maximum atomic E-state index is 9.45. The molecule has 2 rings (SSSR count). The smallest absolute Gasteiger partial charge is 0.0639 e. The number of nitrogens with zero attached hydrogens (tertiary/aromatic N) is 2. The third-order valence-corrected chi connectivity index (χ3v) is 3.94. The van der Waals surface area contributed by atoms with Crippen LogP contribution in [0.5, 0.6) is 0 Å². The average Bonchev–Trinajstić information content (AvgIpc) is 2.42. The van der Waals surface area contributed by atoms with Crippen molar-refractivity contribution in [2.45, 2.75) is 32.4 Å². The molecular weight excluding hydrogens is 236 g/mol. The summed E-state index contributed by atoms with van der Waals surface area (Å²) in [6, 6.07) is 11.3. The fraction of sp³-hybridized carbons (Fsp3) is 0.625. The van der Waals surface area contributed by atoms with Gasteiger partial charge in [-0.2, -0.15) is 0 Å². The molecule has 3 nitrogen and oxygen atoms in total. The number of aliphatic hydroxyl groups is 1. The second-order valence-electron chi connectivity index (χ2n) is 5.52. The van der Waals surface area contributed by atoms with E-state index >= 15 is 0 Å². The summed E-state index contributed by atoms with van der Waals surface area (Å²) in [5, 5.41) is 9.45. The largest absolute Gasteiger partial charge is 0.392 e. The van der Waals surface area contributed by atoms with Gasteiger partial charge in [0.1, 0.15) is 0 Å². The molecule has 106 valence electrons. The highest BCUT2D eigenvalue weighted by Gasteiger charge is 2.23. The SMILES string of the molecule is CC[C@@H](c1ccccc1)N1CCN(C[C@@H](C)O)CC1. The number of aliphatic hydroxyl groups excluding tert-OH is 1. The summed E-state index contributed by atoms with van der Waals surface area (Å²) in [6.07, 6.45) is 0.933. The molecule has 1 fully saturated rings. The van der Waals surface area contributed by atoms with Gasteiger partial charge in [0.25, 0.3) is 0 Å². The molecule has 2 atom stereocenters. The molecule has 1 saturated heterocycles. The van der Waals surface area contributed by atoms with Gasteiger partial charge in [0.05, 0.1) is 6.10 Å². The fourth-order valence-electron chi connectivity index (χ4n) is 3.01. The summed E-state index contributed by atoms with van der Waals surface area (Å²) in [7, 11) is 0. The van der Waals surface area contributed by atoms with Gasteiger partial charge in [-0.15, -0.1) is 0 Å². The Bertz CT molecular complexity index is 358.